The van der Waals surface area contributed by atoms with Gasteiger partial charge in [-0.2, -0.15) is 0 Å². The van der Waals surface area contributed by atoms with Crippen LogP contribution in [0.5, 0.6) is 5.75 Å². The Morgan fingerprint density at radius 1 is 1.25 bits per heavy atom. The number of primary amides is 1. The highest BCUT2D eigenvalue weighted by Crippen LogP contribution is 2.23. The average molecular weight is 326 g/mol. The number of nitrogens with two attached hydrogens (primary N) is 1. The number of halogens is 1. The third kappa shape index (κ3) is 3.43. The fraction of sp³-hybridized carbons (Fsp3) is 0.111. The number of aromatic nitrogens is 1. The number of ether oxygens (including phenoxy) is 1. The van der Waals surface area contributed by atoms with Gasteiger partial charge in [-0.15, -0.1) is 0 Å². The summed E-state index contributed by atoms with van der Waals surface area (Å²) in [6.07, 6.45) is 1.46. The third-order valence-electron chi connectivity index (χ3n) is 3.42. The molecule has 0 saturated heterocycles. The van der Waals surface area contributed by atoms with Crippen LogP contribution in [0.3, 0.4) is 0 Å². The molecule has 0 unspecified atom stereocenters. The van der Waals surface area contributed by atoms with E-state index in [1.807, 2.05) is 6.92 Å². The summed E-state index contributed by atoms with van der Waals surface area (Å²) in [6, 6.07) is 11.0. The van der Waals surface area contributed by atoms with Gasteiger partial charge in [-0.25, -0.2) is 9.37 Å². The first-order valence-electron chi connectivity index (χ1n) is 7.26. The molecule has 0 atom stereocenters. The van der Waals surface area contributed by atoms with Gasteiger partial charge in [0.15, 0.2) is 0 Å². The predicted octanol–water partition coefficient (Wildman–Crippen LogP) is 3.47. The normalized spacial score (nSPS) is 10.6. The van der Waals surface area contributed by atoms with Crippen molar-refractivity contribution < 1.29 is 18.3 Å². The Labute approximate surface area is 137 Å². The molecule has 2 N–H and O–H groups in total. The van der Waals surface area contributed by atoms with E-state index in [1.165, 1.54) is 18.4 Å². The van der Waals surface area contributed by atoms with Crippen molar-refractivity contribution in [3.05, 3.63) is 71.4 Å². The van der Waals surface area contributed by atoms with Gasteiger partial charge in [0.2, 0.25) is 5.89 Å². The lowest BCUT2D eigenvalue weighted by atomic mass is 10.1. The average Bonchev–Trinajstić information content (AvgIpc) is 3.02. The van der Waals surface area contributed by atoms with E-state index in [1.54, 1.807) is 30.3 Å². The van der Waals surface area contributed by atoms with E-state index in [4.69, 9.17) is 14.9 Å². The molecule has 0 bridgehead atoms. The molecule has 3 aromatic rings. The highest BCUT2D eigenvalue weighted by Gasteiger charge is 2.12. The number of carbonyl (C=O) groups excluding carboxylic acids is 1. The molecule has 3 rings (SSSR count). The third-order valence-corrected chi connectivity index (χ3v) is 3.42. The molecule has 6 heteroatoms. The van der Waals surface area contributed by atoms with E-state index < -0.39 is 5.91 Å². The van der Waals surface area contributed by atoms with Crippen LogP contribution < -0.4 is 10.5 Å². The summed E-state index contributed by atoms with van der Waals surface area (Å²) < 4.78 is 24.0. The number of nitrogens with zero attached hydrogens (tertiary/aromatic N) is 1. The summed E-state index contributed by atoms with van der Waals surface area (Å²) in [7, 11) is 0. The highest BCUT2D eigenvalue weighted by molar-refractivity contribution is 5.95. The molecule has 0 aliphatic rings. The maximum Gasteiger partial charge on any atom is 0.252 e. The summed E-state index contributed by atoms with van der Waals surface area (Å²) in [5, 5.41) is 0. The summed E-state index contributed by atoms with van der Waals surface area (Å²) in [5.74, 6) is -0.119. The summed E-state index contributed by atoms with van der Waals surface area (Å²) in [4.78, 5) is 15.7. The number of benzene rings is 2. The van der Waals surface area contributed by atoms with E-state index in [0.29, 0.717) is 28.5 Å². The number of rotatable bonds is 5. The second-order valence-electron chi connectivity index (χ2n) is 5.30. The van der Waals surface area contributed by atoms with Gasteiger partial charge in [0.1, 0.15) is 30.1 Å². The number of amides is 1. The van der Waals surface area contributed by atoms with Crippen molar-refractivity contribution in [2.45, 2.75) is 13.5 Å². The van der Waals surface area contributed by atoms with Crippen LogP contribution in [0.25, 0.3) is 11.5 Å². The van der Waals surface area contributed by atoms with E-state index in [2.05, 4.69) is 4.98 Å². The first-order valence-corrected chi connectivity index (χ1v) is 7.26. The van der Waals surface area contributed by atoms with Crippen molar-refractivity contribution in [3.63, 3.8) is 0 Å². The molecule has 1 aromatic heterocycles. The Morgan fingerprint density at radius 3 is 2.71 bits per heavy atom. The molecular formula is C18H15FN2O3. The first-order chi connectivity index (χ1) is 11.5. The van der Waals surface area contributed by atoms with Gasteiger partial charge in [-0.05, 0) is 48.9 Å². The fourth-order valence-corrected chi connectivity index (χ4v) is 2.20. The second kappa shape index (κ2) is 6.54. The molecule has 1 heterocycles. The zero-order valence-corrected chi connectivity index (χ0v) is 13.0. The minimum Gasteiger partial charge on any atom is -0.486 e. The standard InChI is InChI=1S/C18H15FN2O3/c1-11-2-7-15(17(20)22)16(8-11)23-9-14-10-24-18(21-14)12-3-5-13(19)6-4-12/h2-8,10H,9H2,1H3,(H2,20,22). The maximum absolute atomic E-state index is 12.9. The number of hydrogen-bond acceptors (Lipinski definition) is 4. The summed E-state index contributed by atoms with van der Waals surface area (Å²) in [5.41, 5.74) is 7.81. The number of oxazole rings is 1. The van der Waals surface area contributed by atoms with Crippen molar-refractivity contribution in [1.82, 2.24) is 4.98 Å². The van der Waals surface area contributed by atoms with E-state index >= 15 is 0 Å². The second-order valence-corrected chi connectivity index (χ2v) is 5.30. The van der Waals surface area contributed by atoms with E-state index in [0.717, 1.165) is 5.56 Å². The molecule has 122 valence electrons. The van der Waals surface area contributed by atoms with Crippen molar-refractivity contribution in [3.8, 4) is 17.2 Å². The molecule has 0 aliphatic carbocycles. The molecule has 24 heavy (non-hydrogen) atoms. The highest BCUT2D eigenvalue weighted by atomic mass is 19.1. The van der Waals surface area contributed by atoms with Gasteiger partial charge in [0.25, 0.3) is 5.91 Å². The largest absolute Gasteiger partial charge is 0.486 e. The van der Waals surface area contributed by atoms with Crippen LogP contribution in [0.15, 0.2) is 53.1 Å². The van der Waals surface area contributed by atoms with Crippen molar-refractivity contribution in [1.29, 1.82) is 0 Å². The van der Waals surface area contributed by atoms with Crippen LogP contribution in [0.1, 0.15) is 21.6 Å². The van der Waals surface area contributed by atoms with E-state index in [-0.39, 0.29) is 12.4 Å². The quantitative estimate of drug-likeness (QED) is 0.779. The van der Waals surface area contributed by atoms with Crippen LogP contribution in [0, 0.1) is 12.7 Å². The Morgan fingerprint density at radius 2 is 2.00 bits per heavy atom. The van der Waals surface area contributed by atoms with E-state index in [9.17, 15) is 9.18 Å². The predicted molar refractivity (Wildman–Crippen MR) is 85.9 cm³/mol. The molecule has 1 amide bonds. The molecule has 0 spiro atoms. The van der Waals surface area contributed by atoms with Crippen molar-refractivity contribution in [2.75, 3.05) is 0 Å². The Hall–Kier alpha value is -3.15. The number of hydrogen-bond donors (Lipinski definition) is 1. The Balaban J connectivity index is 1.75. The van der Waals surface area contributed by atoms with Crippen LogP contribution in [-0.4, -0.2) is 10.9 Å². The van der Waals surface area contributed by atoms with Gasteiger partial charge in [-0.3, -0.25) is 4.79 Å². The van der Waals surface area contributed by atoms with Crippen LogP contribution in [0.4, 0.5) is 4.39 Å². The Bertz CT molecular complexity index is 872. The lowest BCUT2D eigenvalue weighted by Crippen LogP contribution is -2.13. The molecule has 2 aromatic carbocycles. The number of carbonyl (C=O) groups is 1. The van der Waals surface area contributed by atoms with Crippen molar-refractivity contribution in [2.24, 2.45) is 5.73 Å². The van der Waals surface area contributed by atoms with Gasteiger partial charge in [-0.1, -0.05) is 6.07 Å². The Kier molecular flexibility index (Phi) is 4.29. The molecular weight excluding hydrogens is 311 g/mol. The molecule has 0 fully saturated rings. The van der Waals surface area contributed by atoms with Crippen LogP contribution in [0.2, 0.25) is 0 Å². The SMILES string of the molecule is Cc1ccc(C(N)=O)c(OCc2coc(-c3ccc(F)cc3)n2)c1. The minimum absolute atomic E-state index is 0.119. The molecule has 0 aliphatic heterocycles. The van der Waals surface area contributed by atoms with Crippen LogP contribution >= 0.6 is 0 Å². The van der Waals surface area contributed by atoms with Gasteiger partial charge in [0.05, 0.1) is 5.56 Å². The zero-order valence-electron chi connectivity index (χ0n) is 13.0. The van der Waals surface area contributed by atoms with Crippen molar-refractivity contribution >= 4 is 5.91 Å². The maximum atomic E-state index is 12.9. The fourth-order valence-electron chi connectivity index (χ4n) is 2.20. The lowest BCUT2D eigenvalue weighted by molar-refractivity contribution is 0.0996. The van der Waals surface area contributed by atoms with Gasteiger partial charge in [0, 0.05) is 5.56 Å². The van der Waals surface area contributed by atoms with Gasteiger partial charge < -0.3 is 14.9 Å². The first kappa shape index (κ1) is 15.7. The van der Waals surface area contributed by atoms with Crippen LogP contribution in [-0.2, 0) is 6.61 Å². The summed E-state index contributed by atoms with van der Waals surface area (Å²) >= 11 is 0. The van der Waals surface area contributed by atoms with Gasteiger partial charge >= 0.3 is 0 Å². The molecule has 0 radical (unpaired) electrons. The lowest BCUT2D eigenvalue weighted by Gasteiger charge is -2.09. The molecule has 0 saturated carbocycles. The smallest absolute Gasteiger partial charge is 0.252 e. The minimum atomic E-state index is -0.558. The zero-order chi connectivity index (χ0) is 17.1. The monoisotopic (exact) mass is 326 g/mol. The molecule has 5 nitrogen and oxygen atoms in total. The summed E-state index contributed by atoms with van der Waals surface area (Å²) in [6.45, 7) is 2.01. The topological polar surface area (TPSA) is 78.4 Å². The number of aryl methyl sites for hydroxylation is 1.